The monoisotopic (exact) mass is 678 g/mol. The number of carbonyl (C=O) groups excluding carboxylic acids is 2. The van der Waals surface area contributed by atoms with Gasteiger partial charge in [0.2, 0.25) is 5.91 Å². The molecule has 1 aliphatic rings. The number of carboxylic acid groups (broad SMARTS) is 1. The standard InChI is InChI=1S/C35H60O4.C8H7NO/c1-8-9-10-11-12-13-14-15-16-17-18-19-20-21-22-28(33(38)39)31(36)24-23-27-25-29(34(2,3)4)32(37)30(26-27)35(5,6)7;10-8-5-6-3-1-2-4-7(6)9-8/h25-26,28,37H,8-24H2,1-7H3,(H,38,39);1-4H,5H2,(H,9,10). The van der Waals surface area contributed by atoms with Crippen molar-refractivity contribution < 1.29 is 24.6 Å². The highest BCUT2D eigenvalue weighted by molar-refractivity contribution is 5.99. The van der Waals surface area contributed by atoms with Gasteiger partial charge in [0.15, 0.2) is 0 Å². The number of Topliss-reactive ketones (excluding diaryl/α,β-unsaturated/α-hetero) is 1. The number of phenols is 1. The second-order valence-electron chi connectivity index (χ2n) is 16.2. The Morgan fingerprint density at radius 2 is 1.22 bits per heavy atom. The number of fused-ring (bicyclic) bond motifs is 1. The molecule has 274 valence electrons. The SMILES string of the molecule is CCCCCCCCCCCCCCCCC(C(=O)O)C(=O)CCc1cc(C(C)(C)C)c(O)c(C(C)(C)C)c1.O=C1Cc2ccccc2N1. The fourth-order valence-corrected chi connectivity index (χ4v) is 6.55. The van der Waals surface area contributed by atoms with E-state index in [0.717, 1.165) is 47.2 Å². The fourth-order valence-electron chi connectivity index (χ4n) is 6.55. The number of benzene rings is 2. The Bertz CT molecular complexity index is 1250. The molecular formula is C43H67NO5. The average molecular weight is 678 g/mol. The lowest BCUT2D eigenvalue weighted by atomic mass is 9.78. The Labute approximate surface area is 297 Å². The molecular weight excluding hydrogens is 610 g/mol. The third-order valence-corrected chi connectivity index (χ3v) is 9.62. The summed E-state index contributed by atoms with van der Waals surface area (Å²) in [6.45, 7) is 14.7. The van der Waals surface area contributed by atoms with Crippen LogP contribution in [0.25, 0.3) is 0 Å². The van der Waals surface area contributed by atoms with Crippen molar-refractivity contribution in [1.29, 1.82) is 0 Å². The number of phenolic OH excluding ortho intramolecular Hbond substituents is 1. The summed E-state index contributed by atoms with van der Waals surface area (Å²) >= 11 is 0. The number of unbranched alkanes of at least 4 members (excludes halogenated alkanes) is 13. The van der Waals surface area contributed by atoms with E-state index >= 15 is 0 Å². The predicted octanol–water partition coefficient (Wildman–Crippen LogP) is 11.2. The van der Waals surface area contributed by atoms with E-state index in [4.69, 9.17) is 0 Å². The molecule has 0 bridgehead atoms. The van der Waals surface area contributed by atoms with Crippen molar-refractivity contribution in [1.82, 2.24) is 0 Å². The first kappa shape index (κ1) is 42.0. The van der Waals surface area contributed by atoms with E-state index in [1.165, 1.54) is 70.6 Å². The highest BCUT2D eigenvalue weighted by Crippen LogP contribution is 2.40. The molecule has 0 spiro atoms. The molecule has 3 N–H and O–H groups in total. The zero-order chi connectivity index (χ0) is 36.5. The van der Waals surface area contributed by atoms with Crippen molar-refractivity contribution in [3.8, 4) is 5.75 Å². The number of aromatic hydroxyl groups is 1. The van der Waals surface area contributed by atoms with Crippen LogP contribution < -0.4 is 5.32 Å². The quantitative estimate of drug-likeness (QED) is 0.0956. The van der Waals surface area contributed by atoms with Gasteiger partial charge >= 0.3 is 5.97 Å². The number of aliphatic carboxylic acids is 1. The molecule has 49 heavy (non-hydrogen) atoms. The van der Waals surface area contributed by atoms with E-state index in [1.54, 1.807) is 0 Å². The highest BCUT2D eigenvalue weighted by Gasteiger charge is 2.28. The number of hydrogen-bond donors (Lipinski definition) is 3. The van der Waals surface area contributed by atoms with E-state index in [1.807, 2.05) is 36.4 Å². The largest absolute Gasteiger partial charge is 0.507 e. The number of hydrogen-bond acceptors (Lipinski definition) is 4. The van der Waals surface area contributed by atoms with Gasteiger partial charge in [-0.25, -0.2) is 0 Å². The van der Waals surface area contributed by atoms with Crippen molar-refractivity contribution in [3.05, 3.63) is 58.7 Å². The second-order valence-corrected chi connectivity index (χ2v) is 16.2. The molecule has 2 aromatic rings. The van der Waals surface area contributed by atoms with Crippen LogP contribution in [0.2, 0.25) is 0 Å². The number of amides is 1. The number of carboxylic acids is 1. The van der Waals surface area contributed by atoms with Crippen LogP contribution in [0.3, 0.4) is 0 Å². The maximum absolute atomic E-state index is 12.9. The summed E-state index contributed by atoms with van der Waals surface area (Å²) in [6, 6.07) is 11.7. The number of anilines is 1. The molecule has 6 nitrogen and oxygen atoms in total. The molecule has 1 unspecified atom stereocenters. The number of ketones is 1. The van der Waals surface area contributed by atoms with Crippen LogP contribution in [0.1, 0.15) is 173 Å². The minimum Gasteiger partial charge on any atom is -0.507 e. The number of carbonyl (C=O) groups is 3. The molecule has 0 fully saturated rings. The van der Waals surface area contributed by atoms with Gasteiger partial charge in [-0.2, -0.15) is 0 Å². The third kappa shape index (κ3) is 15.5. The molecule has 3 rings (SSSR count). The topological polar surface area (TPSA) is 104 Å². The van der Waals surface area contributed by atoms with Gasteiger partial charge in [-0.3, -0.25) is 14.4 Å². The highest BCUT2D eigenvalue weighted by atomic mass is 16.4. The zero-order valence-electron chi connectivity index (χ0n) is 31.9. The Balaban J connectivity index is 0.000000697. The molecule has 1 amide bonds. The lowest BCUT2D eigenvalue weighted by Crippen LogP contribution is -2.24. The van der Waals surface area contributed by atoms with Gasteiger partial charge in [0.05, 0.1) is 6.42 Å². The van der Waals surface area contributed by atoms with Crippen molar-refractivity contribution in [2.45, 2.75) is 175 Å². The van der Waals surface area contributed by atoms with E-state index in [0.29, 0.717) is 25.0 Å². The van der Waals surface area contributed by atoms with Crippen LogP contribution >= 0.6 is 0 Å². The van der Waals surface area contributed by atoms with Gasteiger partial charge in [0, 0.05) is 12.1 Å². The van der Waals surface area contributed by atoms with Gasteiger partial charge in [0.1, 0.15) is 17.5 Å². The van der Waals surface area contributed by atoms with Crippen LogP contribution in [-0.4, -0.2) is 27.9 Å². The van der Waals surface area contributed by atoms with Crippen LogP contribution in [-0.2, 0) is 38.1 Å². The summed E-state index contributed by atoms with van der Waals surface area (Å²) < 4.78 is 0. The van der Waals surface area contributed by atoms with Crippen LogP contribution in [0, 0.1) is 5.92 Å². The maximum Gasteiger partial charge on any atom is 0.314 e. The lowest BCUT2D eigenvalue weighted by Gasteiger charge is -2.28. The molecule has 0 radical (unpaired) electrons. The summed E-state index contributed by atoms with van der Waals surface area (Å²) in [5.74, 6) is -1.66. The molecule has 1 heterocycles. The first-order chi connectivity index (χ1) is 23.1. The van der Waals surface area contributed by atoms with Gasteiger partial charge in [-0.05, 0) is 52.0 Å². The van der Waals surface area contributed by atoms with Crippen molar-refractivity contribution >= 4 is 23.3 Å². The maximum atomic E-state index is 12.9. The number of rotatable bonds is 20. The van der Waals surface area contributed by atoms with E-state index in [9.17, 15) is 24.6 Å². The smallest absolute Gasteiger partial charge is 0.314 e. The predicted molar refractivity (Wildman–Crippen MR) is 204 cm³/mol. The van der Waals surface area contributed by atoms with Gasteiger partial charge < -0.3 is 15.5 Å². The Hall–Kier alpha value is -3.15. The number of nitrogens with one attached hydrogen (secondary N) is 1. The summed E-state index contributed by atoms with van der Waals surface area (Å²) in [5.41, 5.74) is 4.32. The fraction of sp³-hybridized carbons (Fsp3) is 0.651. The normalized spacial score (nSPS) is 13.3. The number of para-hydroxylation sites is 1. The van der Waals surface area contributed by atoms with Crippen LogP contribution in [0.5, 0.6) is 5.75 Å². The van der Waals surface area contributed by atoms with Crippen molar-refractivity contribution in [2.24, 2.45) is 5.92 Å². The third-order valence-electron chi connectivity index (χ3n) is 9.62. The molecule has 0 saturated heterocycles. The summed E-state index contributed by atoms with van der Waals surface area (Å²) in [4.78, 5) is 35.6. The molecule has 2 aromatic carbocycles. The zero-order valence-corrected chi connectivity index (χ0v) is 31.9. The molecule has 0 aromatic heterocycles. The van der Waals surface area contributed by atoms with Crippen molar-refractivity contribution in [3.63, 3.8) is 0 Å². The first-order valence-corrected chi connectivity index (χ1v) is 19.1. The van der Waals surface area contributed by atoms with E-state index in [2.05, 4.69) is 53.8 Å². The van der Waals surface area contributed by atoms with Crippen LogP contribution in [0.15, 0.2) is 36.4 Å². The first-order valence-electron chi connectivity index (χ1n) is 19.1. The van der Waals surface area contributed by atoms with Gasteiger partial charge in [-0.15, -0.1) is 0 Å². The summed E-state index contributed by atoms with van der Waals surface area (Å²) in [5, 5.41) is 23.4. The van der Waals surface area contributed by atoms with Gasteiger partial charge in [-0.1, -0.05) is 169 Å². The van der Waals surface area contributed by atoms with E-state index < -0.39 is 11.9 Å². The molecule has 1 aliphatic heterocycles. The Kier molecular flexibility index (Phi) is 18.1. The summed E-state index contributed by atoms with van der Waals surface area (Å²) in [7, 11) is 0. The minimum absolute atomic E-state index is 0.0983. The van der Waals surface area contributed by atoms with Crippen molar-refractivity contribution in [2.75, 3.05) is 5.32 Å². The Morgan fingerprint density at radius 3 is 1.67 bits per heavy atom. The average Bonchev–Trinajstić information content (AvgIpc) is 3.41. The Morgan fingerprint density at radius 1 is 0.755 bits per heavy atom. The number of aryl methyl sites for hydroxylation is 1. The molecule has 0 saturated carbocycles. The second kappa shape index (κ2) is 21.2. The van der Waals surface area contributed by atoms with Gasteiger partial charge in [0.25, 0.3) is 0 Å². The summed E-state index contributed by atoms with van der Waals surface area (Å²) in [6.07, 6.45) is 19.3. The minimum atomic E-state index is -0.994. The molecule has 6 heteroatoms. The van der Waals surface area contributed by atoms with E-state index in [-0.39, 0.29) is 28.9 Å². The lowest BCUT2D eigenvalue weighted by molar-refractivity contribution is -0.146. The molecule has 0 aliphatic carbocycles. The van der Waals surface area contributed by atoms with Crippen LogP contribution in [0.4, 0.5) is 5.69 Å². The molecule has 1 atom stereocenters.